The third-order valence-corrected chi connectivity index (χ3v) is 8.04. The van der Waals surface area contributed by atoms with Gasteiger partial charge >= 0.3 is 0 Å². The number of aryl methyl sites for hydroxylation is 2. The number of aromatic nitrogens is 2. The molecule has 1 aliphatic rings. The van der Waals surface area contributed by atoms with Crippen molar-refractivity contribution in [3.05, 3.63) is 138 Å². The van der Waals surface area contributed by atoms with Crippen molar-refractivity contribution in [1.82, 2.24) is 14.9 Å². The Hall–Kier alpha value is -4.95. The van der Waals surface area contributed by atoms with Crippen molar-refractivity contribution in [1.29, 1.82) is 0 Å². The Morgan fingerprint density at radius 2 is 1.60 bits per heavy atom. The van der Waals surface area contributed by atoms with Crippen molar-refractivity contribution in [2.75, 3.05) is 16.8 Å². The number of carbonyl (C=O) groups excluding carboxylic acids is 1. The average molecular weight is 588 g/mol. The zero-order chi connectivity index (χ0) is 29.9. The molecule has 2 atom stereocenters. The second kappa shape index (κ2) is 12.1. The molecule has 43 heavy (non-hydrogen) atoms. The molecule has 2 N–H and O–H groups in total. The van der Waals surface area contributed by atoms with E-state index in [1.54, 1.807) is 0 Å². The maximum Gasteiger partial charge on any atom is 0.262 e. The molecule has 1 amide bonds. The maximum atomic E-state index is 12.5. The normalized spacial score (nSPS) is 16.2. The monoisotopic (exact) mass is 587 g/mol. The largest absolute Gasteiger partial charge is 0.484 e. The van der Waals surface area contributed by atoms with Gasteiger partial charge in [0.25, 0.3) is 5.91 Å². The molecule has 0 aliphatic carbocycles. The van der Waals surface area contributed by atoms with Crippen molar-refractivity contribution < 1.29 is 9.53 Å². The second-order valence-corrected chi connectivity index (χ2v) is 11.1. The first-order chi connectivity index (χ1) is 20.9. The highest BCUT2D eigenvalue weighted by atomic mass is 32.1. The third-order valence-electron chi connectivity index (χ3n) is 7.72. The van der Waals surface area contributed by atoms with Crippen LogP contribution in [0.2, 0.25) is 0 Å². The summed E-state index contributed by atoms with van der Waals surface area (Å²) in [6, 6.07) is 33.5. The van der Waals surface area contributed by atoms with E-state index in [1.807, 2.05) is 79.0 Å². The van der Waals surface area contributed by atoms with E-state index in [2.05, 4.69) is 71.2 Å². The fourth-order valence-corrected chi connectivity index (χ4v) is 6.04. The minimum absolute atomic E-state index is 0.0731. The van der Waals surface area contributed by atoms with Gasteiger partial charge in [0.15, 0.2) is 11.7 Å². The first kappa shape index (κ1) is 28.2. The highest BCUT2D eigenvalue weighted by Gasteiger charge is 2.42. The van der Waals surface area contributed by atoms with Crippen LogP contribution in [-0.2, 0) is 4.79 Å². The van der Waals surface area contributed by atoms with Gasteiger partial charge in [0, 0.05) is 34.6 Å². The SMILES string of the molecule is Cc1ccc(-n2c(C)cc([C@@H]3[C@H](c4ccccn4)NC(=S)N3c3ccc(NC(=O)COc4ccccc4)cc3)c2C)cc1. The van der Waals surface area contributed by atoms with Gasteiger partial charge in [0.2, 0.25) is 0 Å². The van der Waals surface area contributed by atoms with Crippen LogP contribution in [0.5, 0.6) is 5.75 Å². The topological polar surface area (TPSA) is 71.4 Å². The molecule has 7 nitrogen and oxygen atoms in total. The van der Waals surface area contributed by atoms with Crippen LogP contribution >= 0.6 is 12.2 Å². The number of ether oxygens (including phenoxy) is 1. The predicted molar refractivity (Wildman–Crippen MR) is 175 cm³/mol. The van der Waals surface area contributed by atoms with Gasteiger partial charge in [-0.3, -0.25) is 9.78 Å². The summed E-state index contributed by atoms with van der Waals surface area (Å²) >= 11 is 5.95. The summed E-state index contributed by atoms with van der Waals surface area (Å²) in [7, 11) is 0. The number of amides is 1. The number of carbonyl (C=O) groups is 1. The van der Waals surface area contributed by atoms with Crippen LogP contribution in [0.15, 0.2) is 109 Å². The minimum atomic E-state index is -0.230. The van der Waals surface area contributed by atoms with Gasteiger partial charge in [-0.1, -0.05) is 42.0 Å². The molecule has 0 unspecified atom stereocenters. The zero-order valence-electron chi connectivity index (χ0n) is 24.3. The van der Waals surface area contributed by atoms with Gasteiger partial charge in [-0.05, 0) is 105 Å². The van der Waals surface area contributed by atoms with Crippen molar-refractivity contribution in [2.24, 2.45) is 0 Å². The number of rotatable bonds is 8. The van der Waals surface area contributed by atoms with Crippen LogP contribution in [0.25, 0.3) is 5.69 Å². The molecule has 3 aromatic carbocycles. The lowest BCUT2D eigenvalue weighted by Crippen LogP contribution is -2.29. The number of thiocarbonyl (C=S) groups is 1. The number of nitrogens with one attached hydrogen (secondary N) is 2. The molecule has 0 radical (unpaired) electrons. The van der Waals surface area contributed by atoms with Gasteiger partial charge in [-0.15, -0.1) is 0 Å². The molecule has 1 aliphatic heterocycles. The Morgan fingerprint density at radius 3 is 2.30 bits per heavy atom. The van der Waals surface area contributed by atoms with E-state index in [-0.39, 0.29) is 24.6 Å². The Labute approximate surface area is 257 Å². The van der Waals surface area contributed by atoms with E-state index in [0.717, 1.165) is 34.0 Å². The fourth-order valence-electron chi connectivity index (χ4n) is 5.70. The lowest BCUT2D eigenvalue weighted by Gasteiger charge is -2.28. The summed E-state index contributed by atoms with van der Waals surface area (Å²) in [4.78, 5) is 19.4. The molecule has 5 aromatic rings. The summed E-state index contributed by atoms with van der Waals surface area (Å²) in [5, 5.41) is 7.08. The summed E-state index contributed by atoms with van der Waals surface area (Å²) in [6.45, 7) is 6.32. The fraction of sp³-hybridized carbons (Fsp3) is 0.171. The first-order valence-corrected chi connectivity index (χ1v) is 14.6. The average Bonchev–Trinajstić information content (AvgIpc) is 3.52. The quantitative estimate of drug-likeness (QED) is 0.191. The van der Waals surface area contributed by atoms with Crippen LogP contribution in [0, 0.1) is 20.8 Å². The van der Waals surface area contributed by atoms with E-state index in [0.29, 0.717) is 16.5 Å². The number of hydrogen-bond donors (Lipinski definition) is 2. The van der Waals surface area contributed by atoms with Gasteiger partial charge in [0.1, 0.15) is 5.75 Å². The zero-order valence-corrected chi connectivity index (χ0v) is 25.1. The molecular formula is C35H33N5O2S. The van der Waals surface area contributed by atoms with Crippen molar-refractivity contribution in [2.45, 2.75) is 32.9 Å². The number of para-hydroxylation sites is 1. The molecule has 0 bridgehead atoms. The number of benzene rings is 3. The molecule has 3 heterocycles. The van der Waals surface area contributed by atoms with Gasteiger partial charge in [-0.25, -0.2) is 0 Å². The molecule has 0 spiro atoms. The molecular weight excluding hydrogens is 554 g/mol. The summed E-state index contributed by atoms with van der Waals surface area (Å²) in [5.41, 5.74) is 8.31. The van der Waals surface area contributed by atoms with Gasteiger partial charge in [0.05, 0.1) is 17.8 Å². The van der Waals surface area contributed by atoms with Gasteiger partial charge in [-0.2, -0.15) is 0 Å². The molecule has 2 aromatic heterocycles. The highest BCUT2D eigenvalue weighted by Crippen LogP contribution is 2.44. The highest BCUT2D eigenvalue weighted by molar-refractivity contribution is 7.80. The first-order valence-electron chi connectivity index (χ1n) is 14.2. The third kappa shape index (κ3) is 5.87. The number of anilines is 2. The van der Waals surface area contributed by atoms with Crippen LogP contribution < -0.4 is 20.3 Å². The maximum absolute atomic E-state index is 12.5. The standard InChI is InChI=1S/C35H33N5O2S/c1-23-12-16-27(17-13-23)39-24(2)21-30(25(39)3)34-33(31-11-7-8-20-36-31)38-35(43)40(34)28-18-14-26(15-19-28)37-32(41)22-42-29-9-5-4-6-10-29/h4-21,33-34H,22H2,1-3H3,(H,37,41)(H,38,43)/t33-,34+/m0/s1. The molecule has 1 saturated heterocycles. The van der Waals surface area contributed by atoms with Crippen LogP contribution in [-0.4, -0.2) is 27.2 Å². The van der Waals surface area contributed by atoms with E-state index >= 15 is 0 Å². The van der Waals surface area contributed by atoms with Crippen LogP contribution in [0.1, 0.15) is 40.3 Å². The minimum Gasteiger partial charge on any atom is -0.484 e. The molecule has 8 heteroatoms. The van der Waals surface area contributed by atoms with Crippen molar-refractivity contribution in [3.63, 3.8) is 0 Å². The van der Waals surface area contributed by atoms with E-state index in [9.17, 15) is 4.79 Å². The van der Waals surface area contributed by atoms with Gasteiger partial charge < -0.3 is 24.8 Å². The number of hydrogen-bond acceptors (Lipinski definition) is 4. The van der Waals surface area contributed by atoms with Crippen molar-refractivity contribution in [3.8, 4) is 11.4 Å². The predicted octanol–water partition coefficient (Wildman–Crippen LogP) is 6.99. The van der Waals surface area contributed by atoms with Crippen LogP contribution in [0.4, 0.5) is 11.4 Å². The van der Waals surface area contributed by atoms with Crippen LogP contribution in [0.3, 0.4) is 0 Å². The molecule has 1 fully saturated rings. The van der Waals surface area contributed by atoms with Crippen molar-refractivity contribution >= 4 is 34.6 Å². The second-order valence-electron chi connectivity index (χ2n) is 10.7. The van der Waals surface area contributed by atoms with E-state index in [1.165, 1.54) is 5.56 Å². The Morgan fingerprint density at radius 1 is 0.907 bits per heavy atom. The number of nitrogens with zero attached hydrogens (tertiary/aromatic N) is 3. The lowest BCUT2D eigenvalue weighted by molar-refractivity contribution is -0.118. The summed E-state index contributed by atoms with van der Waals surface area (Å²) in [5.74, 6) is 0.421. The summed E-state index contributed by atoms with van der Waals surface area (Å²) in [6.07, 6.45) is 1.81. The Balaban J connectivity index is 1.30. The molecule has 0 saturated carbocycles. The number of pyridine rings is 1. The van der Waals surface area contributed by atoms with E-state index in [4.69, 9.17) is 21.9 Å². The summed E-state index contributed by atoms with van der Waals surface area (Å²) < 4.78 is 7.87. The van der Waals surface area contributed by atoms with E-state index < -0.39 is 0 Å². The Kier molecular flexibility index (Phi) is 7.94. The lowest BCUT2D eigenvalue weighted by atomic mass is 9.96. The Bertz CT molecular complexity index is 1740. The smallest absolute Gasteiger partial charge is 0.262 e. The molecule has 216 valence electrons. The molecule has 6 rings (SSSR count).